The fourth-order valence-corrected chi connectivity index (χ4v) is 3.37. The van der Waals surface area contributed by atoms with Gasteiger partial charge in [0, 0.05) is 36.1 Å². The van der Waals surface area contributed by atoms with Crippen molar-refractivity contribution >= 4 is 31.6 Å². The minimum absolute atomic E-state index is 0.142. The van der Waals surface area contributed by atoms with E-state index in [0.717, 1.165) is 5.56 Å². The summed E-state index contributed by atoms with van der Waals surface area (Å²) in [6, 6.07) is 8.71. The van der Waals surface area contributed by atoms with Crippen LogP contribution in [0.1, 0.15) is 5.56 Å². The fourth-order valence-electron chi connectivity index (χ4n) is 1.72. The predicted molar refractivity (Wildman–Crippen MR) is 81.4 cm³/mol. The molecule has 20 heavy (non-hydrogen) atoms. The Bertz CT molecular complexity index is 719. The number of sulfonamides is 1. The van der Waals surface area contributed by atoms with Crippen molar-refractivity contribution in [2.24, 2.45) is 0 Å². The highest BCUT2D eigenvalue weighted by Gasteiger charge is 2.22. The number of rotatable bonds is 4. The summed E-state index contributed by atoms with van der Waals surface area (Å²) >= 11 is 3.22. The van der Waals surface area contributed by atoms with E-state index >= 15 is 0 Å². The molecule has 1 aromatic carbocycles. The van der Waals surface area contributed by atoms with E-state index in [-0.39, 0.29) is 11.4 Å². The molecule has 1 heterocycles. The molecule has 2 aromatic rings. The molecule has 5 nitrogen and oxygen atoms in total. The minimum atomic E-state index is -3.59. The van der Waals surface area contributed by atoms with Crippen molar-refractivity contribution in [3.63, 3.8) is 0 Å². The van der Waals surface area contributed by atoms with Crippen molar-refractivity contribution < 1.29 is 8.42 Å². The third-order valence-corrected chi connectivity index (χ3v) is 5.04. The van der Waals surface area contributed by atoms with Gasteiger partial charge in [0.25, 0.3) is 0 Å². The van der Waals surface area contributed by atoms with Crippen LogP contribution >= 0.6 is 15.9 Å². The number of pyridine rings is 1. The Morgan fingerprint density at radius 1 is 1.30 bits per heavy atom. The number of benzene rings is 1. The van der Waals surface area contributed by atoms with Gasteiger partial charge in [0.05, 0.1) is 0 Å². The summed E-state index contributed by atoms with van der Waals surface area (Å²) in [7, 11) is -2.07. The van der Waals surface area contributed by atoms with Crippen molar-refractivity contribution in [1.29, 1.82) is 0 Å². The van der Waals surface area contributed by atoms with Gasteiger partial charge in [0.15, 0.2) is 0 Å². The average Bonchev–Trinajstić information content (AvgIpc) is 2.41. The predicted octanol–water partition coefficient (Wildman–Crippen LogP) is 2.25. The molecule has 0 amide bonds. The highest BCUT2D eigenvalue weighted by Crippen LogP contribution is 2.21. The number of nitrogen functional groups attached to an aromatic ring is 1. The van der Waals surface area contributed by atoms with E-state index in [2.05, 4.69) is 20.9 Å². The average molecular weight is 356 g/mol. The van der Waals surface area contributed by atoms with Crippen molar-refractivity contribution in [2.45, 2.75) is 11.4 Å². The van der Waals surface area contributed by atoms with Gasteiger partial charge in [-0.2, -0.15) is 4.31 Å². The van der Waals surface area contributed by atoms with Crippen LogP contribution in [0, 0.1) is 0 Å². The molecule has 0 aliphatic carbocycles. The Kier molecular flexibility index (Phi) is 4.42. The normalized spacial score (nSPS) is 11.8. The van der Waals surface area contributed by atoms with Gasteiger partial charge in [-0.15, -0.1) is 0 Å². The lowest BCUT2D eigenvalue weighted by atomic mass is 10.2. The van der Waals surface area contributed by atoms with Gasteiger partial charge in [0.1, 0.15) is 4.90 Å². The summed E-state index contributed by atoms with van der Waals surface area (Å²) in [5.41, 5.74) is 7.17. The zero-order chi connectivity index (χ0) is 14.8. The lowest BCUT2D eigenvalue weighted by Crippen LogP contribution is -2.27. The van der Waals surface area contributed by atoms with Gasteiger partial charge in [-0.25, -0.2) is 8.42 Å². The van der Waals surface area contributed by atoms with Crippen molar-refractivity contribution in [3.05, 3.63) is 52.8 Å². The largest absolute Gasteiger partial charge is 0.398 e. The highest BCUT2D eigenvalue weighted by atomic mass is 79.9. The van der Waals surface area contributed by atoms with Gasteiger partial charge in [-0.3, -0.25) is 4.98 Å². The Balaban J connectivity index is 2.29. The van der Waals surface area contributed by atoms with Crippen molar-refractivity contribution in [2.75, 3.05) is 12.8 Å². The number of halogens is 1. The molecule has 2 rings (SSSR count). The zero-order valence-electron chi connectivity index (χ0n) is 10.8. The lowest BCUT2D eigenvalue weighted by Gasteiger charge is -2.18. The summed E-state index contributed by atoms with van der Waals surface area (Å²) in [4.78, 5) is 4.02. The molecule has 2 N–H and O–H groups in total. The maximum atomic E-state index is 12.4. The first-order chi connectivity index (χ1) is 9.41. The van der Waals surface area contributed by atoms with E-state index in [4.69, 9.17) is 5.73 Å². The van der Waals surface area contributed by atoms with E-state index in [9.17, 15) is 8.42 Å². The summed E-state index contributed by atoms with van der Waals surface area (Å²) in [5, 5.41) is 0. The number of nitrogens with zero attached hydrogens (tertiary/aromatic N) is 2. The van der Waals surface area contributed by atoms with E-state index in [1.165, 1.54) is 29.8 Å². The minimum Gasteiger partial charge on any atom is -0.398 e. The molecule has 106 valence electrons. The molecule has 0 atom stereocenters. The van der Waals surface area contributed by atoms with Crippen molar-refractivity contribution in [1.82, 2.24) is 9.29 Å². The van der Waals surface area contributed by atoms with E-state index in [1.807, 2.05) is 12.1 Å². The molecule has 0 aliphatic heterocycles. The van der Waals surface area contributed by atoms with Crippen LogP contribution in [0.15, 0.2) is 52.1 Å². The monoisotopic (exact) mass is 355 g/mol. The molecule has 0 fully saturated rings. The van der Waals surface area contributed by atoms with E-state index in [1.54, 1.807) is 12.1 Å². The molecule has 0 aliphatic rings. The molecular formula is C13H14BrN3O2S. The number of nitrogens with two attached hydrogens (primary N) is 1. The number of hydrogen-bond acceptors (Lipinski definition) is 4. The maximum Gasteiger partial charge on any atom is 0.244 e. The molecule has 0 bridgehead atoms. The second-order valence-corrected chi connectivity index (χ2v) is 7.26. The third kappa shape index (κ3) is 3.17. The third-order valence-electron chi connectivity index (χ3n) is 2.84. The SMILES string of the molecule is CN(Cc1ccccc1N)S(=O)(=O)c1cncc(Br)c1. The molecule has 0 radical (unpaired) electrons. The quantitative estimate of drug-likeness (QED) is 0.853. The molecule has 0 saturated carbocycles. The van der Waals surface area contributed by atoms with E-state index < -0.39 is 10.0 Å². The van der Waals surface area contributed by atoms with Crippen LogP contribution in [0.4, 0.5) is 5.69 Å². The summed E-state index contributed by atoms with van der Waals surface area (Å²) in [6.07, 6.45) is 2.86. The number of hydrogen-bond donors (Lipinski definition) is 1. The number of para-hydroxylation sites is 1. The molecule has 0 unspecified atom stereocenters. The van der Waals surface area contributed by atoms with Crippen LogP contribution in [-0.2, 0) is 16.6 Å². The first kappa shape index (κ1) is 15.0. The van der Waals surface area contributed by atoms with Crippen LogP contribution in [0.2, 0.25) is 0 Å². The summed E-state index contributed by atoms with van der Waals surface area (Å²) in [5.74, 6) is 0. The lowest BCUT2D eigenvalue weighted by molar-refractivity contribution is 0.467. The Hall–Kier alpha value is -1.44. The van der Waals surface area contributed by atoms with Gasteiger partial charge in [0.2, 0.25) is 10.0 Å². The maximum absolute atomic E-state index is 12.4. The molecular weight excluding hydrogens is 342 g/mol. The topological polar surface area (TPSA) is 76.3 Å². The van der Waals surface area contributed by atoms with Gasteiger partial charge >= 0.3 is 0 Å². The zero-order valence-corrected chi connectivity index (χ0v) is 13.2. The summed E-state index contributed by atoms with van der Waals surface area (Å²) < 4.78 is 26.7. The van der Waals surface area contributed by atoms with Crippen LogP contribution in [0.3, 0.4) is 0 Å². The second kappa shape index (κ2) is 5.90. The molecule has 0 spiro atoms. The fraction of sp³-hybridized carbons (Fsp3) is 0.154. The van der Waals surface area contributed by atoms with Crippen LogP contribution in [0.25, 0.3) is 0 Å². The van der Waals surface area contributed by atoms with Crippen LogP contribution in [0.5, 0.6) is 0 Å². The first-order valence-corrected chi connectivity index (χ1v) is 8.05. The highest BCUT2D eigenvalue weighted by molar-refractivity contribution is 9.10. The molecule has 1 aromatic heterocycles. The summed E-state index contributed by atoms with van der Waals surface area (Å²) in [6.45, 7) is 0.210. The smallest absolute Gasteiger partial charge is 0.244 e. The molecule has 0 saturated heterocycles. The van der Waals surface area contributed by atoms with Gasteiger partial charge in [-0.05, 0) is 33.6 Å². The van der Waals surface area contributed by atoms with Gasteiger partial charge < -0.3 is 5.73 Å². The second-order valence-electron chi connectivity index (χ2n) is 4.30. The Morgan fingerprint density at radius 3 is 2.65 bits per heavy atom. The Morgan fingerprint density at radius 2 is 2.00 bits per heavy atom. The Labute approximate surface area is 126 Å². The molecule has 7 heteroatoms. The van der Waals surface area contributed by atoms with Crippen molar-refractivity contribution in [3.8, 4) is 0 Å². The van der Waals surface area contributed by atoms with Crippen LogP contribution in [-0.4, -0.2) is 24.8 Å². The van der Waals surface area contributed by atoms with Gasteiger partial charge in [-0.1, -0.05) is 18.2 Å². The number of aromatic nitrogens is 1. The standard InChI is InChI=1S/C13H14BrN3O2S/c1-17(9-10-4-2-3-5-13(10)15)20(18,19)12-6-11(14)7-16-8-12/h2-8H,9,15H2,1H3. The van der Waals surface area contributed by atoms with E-state index in [0.29, 0.717) is 10.2 Å². The van der Waals surface area contributed by atoms with Crippen LogP contribution < -0.4 is 5.73 Å². The first-order valence-electron chi connectivity index (χ1n) is 5.81. The number of anilines is 1.